The van der Waals surface area contributed by atoms with Crippen LogP contribution in [0.3, 0.4) is 0 Å². The minimum atomic E-state index is -0.458. The lowest BCUT2D eigenvalue weighted by atomic mass is 10.1. The first-order valence-electron chi connectivity index (χ1n) is 10.4. The maximum Gasteiger partial charge on any atom is 0.347 e. The molecule has 1 fully saturated rings. The second-order valence-corrected chi connectivity index (χ2v) is 8.23. The first kappa shape index (κ1) is 19.0. The molecule has 3 N–H and O–H groups in total. The van der Waals surface area contributed by atoms with Crippen LogP contribution in [0.4, 0.5) is 5.82 Å². The number of rotatable bonds is 3. The van der Waals surface area contributed by atoms with Crippen LogP contribution in [0, 0.1) is 0 Å². The van der Waals surface area contributed by atoms with E-state index >= 15 is 0 Å². The van der Waals surface area contributed by atoms with E-state index in [-0.39, 0.29) is 11.6 Å². The number of nitrogens with two attached hydrogens (primary N) is 1. The largest absolute Gasteiger partial charge is 0.351 e. The van der Waals surface area contributed by atoms with Crippen molar-refractivity contribution in [1.82, 2.24) is 19.8 Å². The van der Waals surface area contributed by atoms with Crippen LogP contribution in [0.2, 0.25) is 0 Å². The molecule has 0 saturated carbocycles. The summed E-state index contributed by atoms with van der Waals surface area (Å²) in [5.41, 5.74) is 10.7. The van der Waals surface area contributed by atoms with Crippen LogP contribution in [0.15, 0.2) is 41.7 Å². The van der Waals surface area contributed by atoms with Gasteiger partial charge in [-0.2, -0.15) is 4.98 Å². The number of benzene rings is 1. The molecule has 0 bridgehead atoms. The molecule has 5 rings (SSSR count). The Labute approximate surface area is 175 Å². The third kappa shape index (κ3) is 3.12. The lowest BCUT2D eigenvalue weighted by Gasteiger charge is -2.40. The Morgan fingerprint density at radius 3 is 2.90 bits per heavy atom. The normalized spacial score (nSPS) is 23.4. The molecule has 3 heterocycles. The number of anilines is 1. The summed E-state index contributed by atoms with van der Waals surface area (Å²) in [5.74, 6) is 0.529. The molecule has 0 spiro atoms. The second kappa shape index (κ2) is 7.37. The first-order valence-corrected chi connectivity index (χ1v) is 10.4. The molecule has 1 saturated heterocycles. The van der Waals surface area contributed by atoms with E-state index in [2.05, 4.69) is 45.7 Å². The average Bonchev–Trinajstić information content (AvgIpc) is 3.36. The molecular weight excluding hydrogens is 380 g/mol. The highest BCUT2D eigenvalue weighted by atomic mass is 16.2. The molecule has 30 heavy (non-hydrogen) atoms. The maximum absolute atomic E-state index is 12.3. The first-order chi connectivity index (χ1) is 14.5. The fourth-order valence-corrected chi connectivity index (χ4v) is 5.08. The number of aryl methyl sites for hydroxylation is 1. The van der Waals surface area contributed by atoms with E-state index in [1.807, 2.05) is 4.90 Å². The number of carbonyl (C=O) groups is 1. The molecular formula is C22H26N6O2. The summed E-state index contributed by atoms with van der Waals surface area (Å²) in [6.07, 6.45) is 3.01. The highest BCUT2D eigenvalue weighted by molar-refractivity contribution is 5.87. The highest BCUT2D eigenvalue weighted by Gasteiger charge is 2.36. The smallest absolute Gasteiger partial charge is 0.347 e. The second-order valence-electron chi connectivity index (χ2n) is 8.23. The monoisotopic (exact) mass is 406 g/mol. The lowest BCUT2D eigenvalue weighted by Crippen LogP contribution is -2.59. The number of fused-ring (bicyclic) bond motifs is 2. The molecule has 1 aromatic heterocycles. The van der Waals surface area contributed by atoms with Crippen molar-refractivity contribution in [3.8, 4) is 0 Å². The molecule has 8 heteroatoms. The van der Waals surface area contributed by atoms with Gasteiger partial charge in [-0.3, -0.25) is 9.69 Å². The predicted octanol–water partition coefficient (Wildman–Crippen LogP) is 0.892. The Morgan fingerprint density at radius 1 is 1.27 bits per heavy atom. The van der Waals surface area contributed by atoms with Gasteiger partial charge in [0.2, 0.25) is 5.91 Å². The van der Waals surface area contributed by atoms with Gasteiger partial charge in [0.1, 0.15) is 5.82 Å². The Bertz CT molecular complexity index is 1060. The number of piperazine rings is 1. The van der Waals surface area contributed by atoms with E-state index in [4.69, 9.17) is 5.73 Å². The minimum Gasteiger partial charge on any atom is -0.351 e. The van der Waals surface area contributed by atoms with Gasteiger partial charge in [-0.15, -0.1) is 0 Å². The van der Waals surface area contributed by atoms with Crippen molar-refractivity contribution in [1.29, 1.82) is 0 Å². The van der Waals surface area contributed by atoms with Gasteiger partial charge in [0.15, 0.2) is 0 Å². The van der Waals surface area contributed by atoms with Gasteiger partial charge in [-0.1, -0.05) is 30.8 Å². The van der Waals surface area contributed by atoms with Gasteiger partial charge < -0.3 is 20.5 Å². The molecule has 3 aliphatic rings. The molecule has 2 atom stereocenters. The van der Waals surface area contributed by atoms with Crippen molar-refractivity contribution in [3.05, 3.63) is 69.8 Å². The van der Waals surface area contributed by atoms with Crippen LogP contribution in [0.25, 0.3) is 0 Å². The maximum atomic E-state index is 12.3. The Balaban J connectivity index is 1.40. The fourth-order valence-electron chi connectivity index (χ4n) is 5.08. The minimum absolute atomic E-state index is 0.169. The van der Waals surface area contributed by atoms with E-state index in [9.17, 15) is 9.59 Å². The summed E-state index contributed by atoms with van der Waals surface area (Å²) in [5, 5.41) is 0. The van der Waals surface area contributed by atoms with Crippen molar-refractivity contribution >= 4 is 11.7 Å². The van der Waals surface area contributed by atoms with Gasteiger partial charge in [-0.05, 0) is 30.0 Å². The van der Waals surface area contributed by atoms with Crippen LogP contribution in [-0.2, 0) is 24.3 Å². The number of hydrogen-bond acceptors (Lipinski definition) is 6. The molecule has 0 radical (unpaired) electrons. The zero-order chi connectivity index (χ0) is 20.8. The van der Waals surface area contributed by atoms with Crippen molar-refractivity contribution in [2.24, 2.45) is 5.73 Å². The van der Waals surface area contributed by atoms with Crippen molar-refractivity contribution in [3.63, 3.8) is 0 Å². The fraction of sp³-hybridized carbons (Fsp3) is 0.409. The number of aromatic nitrogens is 2. The number of carbonyl (C=O) groups excluding carboxylic acids is 1. The third-order valence-electron chi connectivity index (χ3n) is 6.54. The number of nitrogens with zero attached hydrogens (tertiary/aromatic N) is 4. The topological polar surface area (TPSA) is 98.6 Å². The molecule has 1 amide bonds. The summed E-state index contributed by atoms with van der Waals surface area (Å²) in [7, 11) is 0. The molecule has 1 aliphatic carbocycles. The van der Waals surface area contributed by atoms with Gasteiger partial charge in [0.25, 0.3) is 0 Å². The Kier molecular flexibility index (Phi) is 4.67. The number of hydrogen-bond donors (Lipinski definition) is 2. The zero-order valence-corrected chi connectivity index (χ0v) is 16.9. The third-order valence-corrected chi connectivity index (χ3v) is 6.54. The number of amides is 1. The van der Waals surface area contributed by atoms with Gasteiger partial charge in [-0.25, -0.2) is 4.79 Å². The van der Waals surface area contributed by atoms with Crippen LogP contribution < -0.4 is 16.3 Å². The molecule has 1 aromatic carbocycles. The quantitative estimate of drug-likeness (QED) is 0.735. The summed E-state index contributed by atoms with van der Waals surface area (Å²) in [6, 6.07) is 8.97. The number of H-pyrrole nitrogens is 1. The van der Waals surface area contributed by atoms with Gasteiger partial charge in [0, 0.05) is 43.5 Å². The lowest BCUT2D eigenvalue weighted by molar-refractivity contribution is -0.128. The molecule has 1 unspecified atom stereocenters. The summed E-state index contributed by atoms with van der Waals surface area (Å²) < 4.78 is 0. The van der Waals surface area contributed by atoms with E-state index in [1.165, 1.54) is 17.2 Å². The van der Waals surface area contributed by atoms with Crippen LogP contribution in [0.5, 0.6) is 0 Å². The van der Waals surface area contributed by atoms with Crippen molar-refractivity contribution < 1.29 is 4.79 Å². The predicted molar refractivity (Wildman–Crippen MR) is 114 cm³/mol. The molecule has 156 valence electrons. The SMILES string of the molecule is C=CC(=O)N1CCN(c2nc(=O)[nH]c3c2CN(C2CCc4ccccc42)C3)C[C@@H]1N. The molecule has 8 nitrogen and oxygen atoms in total. The zero-order valence-electron chi connectivity index (χ0n) is 16.9. The van der Waals surface area contributed by atoms with Gasteiger partial charge in [0.05, 0.1) is 12.7 Å². The average molecular weight is 406 g/mol. The molecule has 2 aromatic rings. The van der Waals surface area contributed by atoms with E-state index < -0.39 is 6.17 Å². The highest BCUT2D eigenvalue weighted by Crippen LogP contribution is 2.41. The van der Waals surface area contributed by atoms with E-state index in [0.29, 0.717) is 38.0 Å². The summed E-state index contributed by atoms with van der Waals surface area (Å²) >= 11 is 0. The van der Waals surface area contributed by atoms with Crippen LogP contribution >= 0.6 is 0 Å². The Morgan fingerprint density at radius 2 is 2.10 bits per heavy atom. The summed E-state index contributed by atoms with van der Waals surface area (Å²) in [6.45, 7) is 6.50. The number of aromatic amines is 1. The van der Waals surface area contributed by atoms with Crippen molar-refractivity contribution in [2.75, 3.05) is 24.5 Å². The van der Waals surface area contributed by atoms with E-state index in [1.54, 1.807) is 4.90 Å². The van der Waals surface area contributed by atoms with Crippen molar-refractivity contribution in [2.45, 2.75) is 38.1 Å². The Hall–Kier alpha value is -2.97. The number of nitrogens with one attached hydrogen (secondary N) is 1. The summed E-state index contributed by atoms with van der Waals surface area (Å²) in [4.78, 5) is 37.6. The van der Waals surface area contributed by atoms with Crippen LogP contribution in [0.1, 0.15) is 34.8 Å². The molecule has 2 aliphatic heterocycles. The van der Waals surface area contributed by atoms with E-state index in [0.717, 1.165) is 30.6 Å². The van der Waals surface area contributed by atoms with Crippen LogP contribution in [-0.4, -0.2) is 51.5 Å². The standard InChI is InChI=1S/C22H26N6O2/c1-2-20(29)28-10-9-26(13-19(28)23)21-16-11-27(12-17(16)24-22(30)25-21)18-8-7-14-5-3-4-6-15(14)18/h2-6,18-19H,1,7-13,23H2,(H,24,25,30)/t18?,19-/m1/s1. The van der Waals surface area contributed by atoms with Gasteiger partial charge >= 0.3 is 5.69 Å².